The summed E-state index contributed by atoms with van der Waals surface area (Å²) in [5.41, 5.74) is 5.19. The van der Waals surface area contributed by atoms with Crippen LogP contribution in [0, 0.1) is 13.8 Å². The summed E-state index contributed by atoms with van der Waals surface area (Å²) in [6.45, 7) is 8.01. The maximum absolute atomic E-state index is 13.9. The zero-order chi connectivity index (χ0) is 23.6. The highest BCUT2D eigenvalue weighted by Gasteiger charge is 2.35. The predicted molar refractivity (Wildman–Crippen MR) is 135 cm³/mol. The van der Waals surface area contributed by atoms with Crippen molar-refractivity contribution in [3.05, 3.63) is 89.0 Å². The van der Waals surface area contributed by atoms with Crippen molar-refractivity contribution in [1.29, 1.82) is 0 Å². The topological polar surface area (TPSA) is 46.6 Å². The maximum Gasteiger partial charge on any atom is 0.264 e. The average Bonchev–Trinajstić information content (AvgIpc) is 2.77. The van der Waals surface area contributed by atoms with Crippen LogP contribution in [0.2, 0.25) is 0 Å². The first-order valence-electron chi connectivity index (χ1n) is 11.7. The Morgan fingerprint density at radius 2 is 1.70 bits per heavy atom. The second kappa shape index (κ2) is 9.60. The number of benzene rings is 3. The van der Waals surface area contributed by atoms with Gasteiger partial charge in [-0.2, -0.15) is 0 Å². The quantitative estimate of drug-likeness (QED) is 0.417. The van der Waals surface area contributed by atoms with Crippen LogP contribution in [0.5, 0.6) is 5.75 Å². The van der Waals surface area contributed by atoms with E-state index in [0.29, 0.717) is 4.90 Å². The van der Waals surface area contributed by atoms with E-state index in [2.05, 4.69) is 24.3 Å². The lowest BCUT2D eigenvalue weighted by Crippen LogP contribution is -2.44. The van der Waals surface area contributed by atoms with Crippen molar-refractivity contribution < 1.29 is 13.2 Å². The van der Waals surface area contributed by atoms with Crippen molar-refractivity contribution in [3.63, 3.8) is 0 Å². The van der Waals surface area contributed by atoms with Gasteiger partial charge < -0.3 is 4.74 Å². The summed E-state index contributed by atoms with van der Waals surface area (Å²) < 4.78 is 35.3. The van der Waals surface area contributed by atoms with Gasteiger partial charge in [0.2, 0.25) is 0 Å². The molecular formula is C28H33NO3S. The van der Waals surface area contributed by atoms with E-state index in [0.717, 1.165) is 59.4 Å². The lowest BCUT2D eigenvalue weighted by molar-refractivity contribution is 0.242. The molecule has 1 unspecified atom stereocenters. The first kappa shape index (κ1) is 23.4. The highest BCUT2D eigenvalue weighted by atomic mass is 32.2. The van der Waals surface area contributed by atoms with Gasteiger partial charge in [0, 0.05) is 6.04 Å². The predicted octanol–water partition coefficient (Wildman–Crippen LogP) is 6.23. The molecule has 3 aromatic rings. The molecule has 5 heteroatoms. The fourth-order valence-electron chi connectivity index (χ4n) is 4.52. The van der Waals surface area contributed by atoms with Crippen molar-refractivity contribution in [2.75, 3.05) is 4.31 Å². The van der Waals surface area contributed by atoms with E-state index < -0.39 is 10.0 Å². The summed E-state index contributed by atoms with van der Waals surface area (Å²) >= 11 is 0. The third-order valence-corrected chi connectivity index (χ3v) is 8.05. The Labute approximate surface area is 198 Å². The minimum absolute atomic E-state index is 0.0970. The Hall–Kier alpha value is -2.79. The van der Waals surface area contributed by atoms with Crippen LogP contribution in [0.3, 0.4) is 0 Å². The fourth-order valence-corrected chi connectivity index (χ4v) is 6.26. The number of anilines is 1. The number of aryl methyl sites for hydroxylation is 4. The molecule has 1 atom stereocenters. The molecule has 0 aromatic heterocycles. The highest BCUT2D eigenvalue weighted by Crippen LogP contribution is 2.37. The molecule has 0 saturated carbocycles. The van der Waals surface area contributed by atoms with Crippen LogP contribution in [-0.2, 0) is 22.9 Å². The zero-order valence-electron chi connectivity index (χ0n) is 19.9. The van der Waals surface area contributed by atoms with Gasteiger partial charge >= 0.3 is 0 Å². The number of fused-ring (bicyclic) bond motifs is 1. The van der Waals surface area contributed by atoms with Gasteiger partial charge in [-0.1, -0.05) is 42.0 Å². The molecule has 1 aliphatic heterocycles. The first-order chi connectivity index (χ1) is 15.7. The summed E-state index contributed by atoms with van der Waals surface area (Å²) in [5.74, 6) is 0.858. The van der Waals surface area contributed by atoms with E-state index in [9.17, 15) is 8.42 Å². The van der Waals surface area contributed by atoms with Crippen LogP contribution >= 0.6 is 0 Å². The Morgan fingerprint density at radius 3 is 2.42 bits per heavy atom. The first-order valence-corrected chi connectivity index (χ1v) is 13.1. The summed E-state index contributed by atoms with van der Waals surface area (Å²) in [7, 11) is -3.68. The molecule has 1 heterocycles. The van der Waals surface area contributed by atoms with E-state index in [1.807, 2.05) is 58.0 Å². The van der Waals surface area contributed by atoms with Gasteiger partial charge in [0.05, 0.1) is 16.7 Å². The molecule has 0 amide bonds. The summed E-state index contributed by atoms with van der Waals surface area (Å²) in [4.78, 5) is 0.347. The number of rotatable bonds is 7. The fraction of sp³-hybridized carbons (Fsp3) is 0.357. The van der Waals surface area contributed by atoms with Gasteiger partial charge in [-0.15, -0.1) is 0 Å². The van der Waals surface area contributed by atoms with Crippen LogP contribution in [-0.4, -0.2) is 20.6 Å². The largest absolute Gasteiger partial charge is 0.491 e. The molecule has 0 bridgehead atoms. The second-order valence-corrected chi connectivity index (χ2v) is 11.1. The van der Waals surface area contributed by atoms with Crippen molar-refractivity contribution >= 4 is 15.7 Å². The maximum atomic E-state index is 13.9. The molecule has 1 aliphatic rings. The molecule has 0 spiro atoms. The van der Waals surface area contributed by atoms with Crippen LogP contribution in [0.25, 0.3) is 0 Å². The number of sulfonamides is 1. The lowest BCUT2D eigenvalue weighted by Gasteiger charge is -2.38. The molecule has 0 saturated heterocycles. The molecule has 0 fully saturated rings. The molecule has 4 nitrogen and oxygen atoms in total. The van der Waals surface area contributed by atoms with E-state index in [1.54, 1.807) is 16.4 Å². The van der Waals surface area contributed by atoms with Crippen molar-refractivity contribution in [2.24, 2.45) is 0 Å². The summed E-state index contributed by atoms with van der Waals surface area (Å²) in [5, 5.41) is 0. The van der Waals surface area contributed by atoms with E-state index >= 15 is 0 Å². The average molecular weight is 464 g/mol. The van der Waals surface area contributed by atoms with E-state index in [1.165, 1.54) is 0 Å². The molecular weight excluding hydrogens is 430 g/mol. The number of nitrogens with zero attached hydrogens (tertiary/aromatic N) is 1. The molecule has 4 rings (SSSR count). The standard InChI is InChI=1S/C28H33NO3S/c1-20(2)32-26-7-5-6-23(19-26)11-14-25-15-13-24-12-8-22(4)18-28(24)29(25)33(30,31)27-16-9-21(3)10-17-27/h5-10,12,16-20,25H,11,13-15H2,1-4H3. The van der Waals surface area contributed by atoms with Crippen LogP contribution < -0.4 is 9.04 Å². The van der Waals surface area contributed by atoms with Gasteiger partial charge in [-0.3, -0.25) is 4.31 Å². The number of hydrogen-bond donors (Lipinski definition) is 0. The zero-order valence-corrected chi connectivity index (χ0v) is 20.7. The van der Waals surface area contributed by atoms with Gasteiger partial charge in [0.1, 0.15) is 5.75 Å². The third kappa shape index (κ3) is 5.25. The smallest absolute Gasteiger partial charge is 0.264 e. The van der Waals surface area contributed by atoms with Crippen LogP contribution in [0.1, 0.15) is 48.9 Å². The van der Waals surface area contributed by atoms with E-state index in [4.69, 9.17) is 4.74 Å². The monoisotopic (exact) mass is 463 g/mol. The van der Waals surface area contributed by atoms with Gasteiger partial charge in [0.25, 0.3) is 10.0 Å². The van der Waals surface area contributed by atoms with Crippen LogP contribution in [0.15, 0.2) is 71.6 Å². The molecule has 0 radical (unpaired) electrons. The van der Waals surface area contributed by atoms with Crippen molar-refractivity contribution in [3.8, 4) is 5.75 Å². The van der Waals surface area contributed by atoms with Gasteiger partial charge in [-0.25, -0.2) is 8.42 Å². The SMILES string of the molecule is Cc1ccc(S(=O)(=O)N2c3cc(C)ccc3CCC2CCc2cccc(OC(C)C)c2)cc1. The second-order valence-electron chi connectivity index (χ2n) is 9.29. The third-order valence-electron chi connectivity index (χ3n) is 6.17. The molecule has 3 aromatic carbocycles. The van der Waals surface area contributed by atoms with Crippen LogP contribution in [0.4, 0.5) is 5.69 Å². The number of ether oxygens (including phenoxy) is 1. The Balaban J connectivity index is 1.66. The minimum Gasteiger partial charge on any atom is -0.491 e. The normalized spacial score (nSPS) is 16.0. The van der Waals surface area contributed by atoms with Crippen molar-refractivity contribution in [1.82, 2.24) is 0 Å². The summed E-state index contributed by atoms with van der Waals surface area (Å²) in [6.07, 6.45) is 3.36. The highest BCUT2D eigenvalue weighted by molar-refractivity contribution is 7.92. The van der Waals surface area contributed by atoms with Gasteiger partial charge in [0.15, 0.2) is 0 Å². The molecule has 33 heavy (non-hydrogen) atoms. The lowest BCUT2D eigenvalue weighted by atomic mass is 9.93. The Morgan fingerprint density at radius 1 is 0.970 bits per heavy atom. The van der Waals surface area contributed by atoms with E-state index in [-0.39, 0.29) is 12.1 Å². The molecule has 0 N–H and O–H groups in total. The summed E-state index contributed by atoms with van der Waals surface area (Å²) in [6, 6.07) is 21.4. The molecule has 174 valence electrons. The van der Waals surface area contributed by atoms with Gasteiger partial charge in [-0.05, 0) is 100 Å². The molecule has 0 aliphatic carbocycles. The Bertz CT molecular complexity index is 1220. The number of hydrogen-bond acceptors (Lipinski definition) is 3. The van der Waals surface area contributed by atoms with Crippen molar-refractivity contribution in [2.45, 2.75) is 70.4 Å². The minimum atomic E-state index is -3.68. The Kier molecular flexibility index (Phi) is 6.80.